The molecule has 0 N–H and O–H groups in total. The van der Waals surface area contributed by atoms with Gasteiger partial charge in [-0.2, -0.15) is 0 Å². The third kappa shape index (κ3) is 3.32. The van der Waals surface area contributed by atoms with Crippen molar-refractivity contribution < 1.29 is 14.3 Å². The molecule has 2 heterocycles. The van der Waals surface area contributed by atoms with Gasteiger partial charge in [0.1, 0.15) is 0 Å². The summed E-state index contributed by atoms with van der Waals surface area (Å²) in [6.07, 6.45) is 1.20. The predicted molar refractivity (Wildman–Crippen MR) is 89.2 cm³/mol. The summed E-state index contributed by atoms with van der Waals surface area (Å²) >= 11 is 1.58. The van der Waals surface area contributed by atoms with Crippen molar-refractivity contribution >= 4 is 17.2 Å². The number of nitrogens with zero attached hydrogens (tertiary/aromatic N) is 2. The molecule has 5 nitrogen and oxygen atoms in total. The Kier molecular flexibility index (Phi) is 4.52. The highest BCUT2D eigenvalue weighted by Gasteiger charge is 2.23. The lowest BCUT2D eigenvalue weighted by Crippen LogP contribution is -2.37. The van der Waals surface area contributed by atoms with E-state index in [0.29, 0.717) is 18.7 Å². The fourth-order valence-corrected chi connectivity index (χ4v) is 3.46. The molecule has 0 unspecified atom stereocenters. The van der Waals surface area contributed by atoms with Gasteiger partial charge in [0.15, 0.2) is 11.5 Å². The van der Waals surface area contributed by atoms with Crippen LogP contribution in [0.2, 0.25) is 0 Å². The Morgan fingerprint density at radius 3 is 2.57 bits per heavy atom. The molecule has 0 aliphatic carbocycles. The number of methoxy groups -OCH3 is 2. The molecule has 1 aliphatic rings. The number of carbonyl (C=O) groups excluding carboxylic acids is 1. The van der Waals surface area contributed by atoms with Gasteiger partial charge in [0, 0.05) is 18.5 Å². The maximum absolute atomic E-state index is 12.5. The van der Waals surface area contributed by atoms with Crippen LogP contribution in [0.3, 0.4) is 0 Å². The number of aromatic nitrogens is 1. The summed E-state index contributed by atoms with van der Waals surface area (Å²) in [5, 5.41) is 2.95. The zero-order valence-corrected chi connectivity index (χ0v) is 14.4. The highest BCUT2D eigenvalue weighted by molar-refractivity contribution is 7.09. The average molecular weight is 332 g/mol. The second-order valence-electron chi connectivity index (χ2n) is 5.58. The number of ether oxygens (including phenoxy) is 2. The number of fused-ring (bicyclic) bond motifs is 1. The molecule has 23 heavy (non-hydrogen) atoms. The topological polar surface area (TPSA) is 51.7 Å². The van der Waals surface area contributed by atoms with Crippen molar-refractivity contribution in [3.8, 4) is 11.5 Å². The van der Waals surface area contributed by atoms with E-state index < -0.39 is 0 Å². The summed E-state index contributed by atoms with van der Waals surface area (Å²) in [5.41, 5.74) is 3.20. The van der Waals surface area contributed by atoms with Gasteiger partial charge in [-0.05, 0) is 36.6 Å². The van der Waals surface area contributed by atoms with Crippen LogP contribution in [0.25, 0.3) is 0 Å². The maximum Gasteiger partial charge on any atom is 0.228 e. The second-order valence-corrected chi connectivity index (χ2v) is 6.64. The van der Waals surface area contributed by atoms with Gasteiger partial charge in [0.2, 0.25) is 5.91 Å². The van der Waals surface area contributed by atoms with Gasteiger partial charge < -0.3 is 14.4 Å². The molecule has 0 spiro atoms. The van der Waals surface area contributed by atoms with Crippen LogP contribution in [-0.2, 0) is 24.2 Å². The van der Waals surface area contributed by atoms with Gasteiger partial charge in [0.05, 0.1) is 31.3 Å². The Hall–Kier alpha value is -2.08. The Morgan fingerprint density at radius 2 is 1.96 bits per heavy atom. The van der Waals surface area contributed by atoms with Crippen LogP contribution in [0.15, 0.2) is 17.5 Å². The van der Waals surface area contributed by atoms with E-state index in [9.17, 15) is 4.79 Å². The molecule has 3 rings (SSSR count). The van der Waals surface area contributed by atoms with Crippen LogP contribution >= 0.6 is 11.3 Å². The molecule has 0 saturated heterocycles. The number of thiazole rings is 1. The molecule has 0 bridgehead atoms. The summed E-state index contributed by atoms with van der Waals surface area (Å²) < 4.78 is 10.7. The van der Waals surface area contributed by atoms with Crippen LogP contribution < -0.4 is 9.47 Å². The fourth-order valence-electron chi connectivity index (χ4n) is 2.85. The van der Waals surface area contributed by atoms with Crippen LogP contribution in [-0.4, -0.2) is 36.6 Å². The van der Waals surface area contributed by atoms with Crippen molar-refractivity contribution in [2.45, 2.75) is 26.3 Å². The van der Waals surface area contributed by atoms with E-state index in [-0.39, 0.29) is 5.91 Å². The maximum atomic E-state index is 12.5. The van der Waals surface area contributed by atoms with Crippen molar-refractivity contribution in [2.24, 2.45) is 0 Å². The van der Waals surface area contributed by atoms with Crippen LogP contribution in [0, 0.1) is 6.92 Å². The third-order valence-electron chi connectivity index (χ3n) is 4.07. The highest BCUT2D eigenvalue weighted by Crippen LogP contribution is 2.33. The van der Waals surface area contributed by atoms with Crippen molar-refractivity contribution in [1.82, 2.24) is 9.88 Å². The third-order valence-corrected chi connectivity index (χ3v) is 4.89. The predicted octanol–water partition coefficient (Wildman–Crippen LogP) is 2.60. The summed E-state index contributed by atoms with van der Waals surface area (Å²) in [5.74, 6) is 1.57. The SMILES string of the molecule is COc1cc2c(cc1OC)CN(C(=O)Cc1csc(C)n1)CC2. The van der Waals surface area contributed by atoms with E-state index in [2.05, 4.69) is 4.98 Å². The van der Waals surface area contributed by atoms with Crippen molar-refractivity contribution in [2.75, 3.05) is 20.8 Å². The number of hydrogen-bond donors (Lipinski definition) is 0. The largest absolute Gasteiger partial charge is 0.493 e. The lowest BCUT2D eigenvalue weighted by atomic mass is 9.98. The standard InChI is InChI=1S/C17H20N2O3S/c1-11-18-14(10-23-11)8-17(20)19-5-4-12-6-15(21-2)16(22-3)7-13(12)9-19/h6-7,10H,4-5,8-9H2,1-3H3. The number of aryl methyl sites for hydroxylation is 1. The summed E-state index contributed by atoms with van der Waals surface area (Å²) in [4.78, 5) is 18.8. The zero-order valence-electron chi connectivity index (χ0n) is 13.6. The zero-order chi connectivity index (χ0) is 16.4. The van der Waals surface area contributed by atoms with E-state index in [1.54, 1.807) is 25.6 Å². The number of carbonyl (C=O) groups is 1. The van der Waals surface area contributed by atoms with E-state index in [4.69, 9.17) is 9.47 Å². The first-order valence-corrected chi connectivity index (χ1v) is 8.41. The van der Waals surface area contributed by atoms with Crippen LogP contribution in [0.1, 0.15) is 21.8 Å². The average Bonchev–Trinajstić information content (AvgIpc) is 2.97. The van der Waals surface area contributed by atoms with Crippen molar-refractivity contribution in [1.29, 1.82) is 0 Å². The van der Waals surface area contributed by atoms with Crippen LogP contribution in [0.5, 0.6) is 11.5 Å². The molecular formula is C17H20N2O3S. The minimum atomic E-state index is 0.121. The molecule has 0 radical (unpaired) electrons. The van der Waals surface area contributed by atoms with E-state index in [1.165, 1.54) is 5.56 Å². The van der Waals surface area contributed by atoms with Gasteiger partial charge in [-0.3, -0.25) is 4.79 Å². The smallest absolute Gasteiger partial charge is 0.228 e. The fraction of sp³-hybridized carbons (Fsp3) is 0.412. The monoisotopic (exact) mass is 332 g/mol. The van der Waals surface area contributed by atoms with Crippen molar-refractivity contribution in [3.63, 3.8) is 0 Å². The first kappa shape index (κ1) is 15.8. The molecule has 2 aromatic rings. The molecule has 0 fully saturated rings. The lowest BCUT2D eigenvalue weighted by Gasteiger charge is -2.29. The molecule has 1 amide bonds. The molecule has 1 aromatic heterocycles. The second kappa shape index (κ2) is 6.58. The molecular weight excluding hydrogens is 312 g/mol. The molecule has 1 aromatic carbocycles. The minimum absolute atomic E-state index is 0.121. The lowest BCUT2D eigenvalue weighted by molar-refractivity contribution is -0.131. The molecule has 0 atom stereocenters. The molecule has 122 valence electrons. The summed E-state index contributed by atoms with van der Waals surface area (Å²) in [7, 11) is 3.26. The number of hydrogen-bond acceptors (Lipinski definition) is 5. The van der Waals surface area contributed by atoms with Gasteiger partial charge in [-0.1, -0.05) is 0 Å². The Labute approximate surface area is 139 Å². The minimum Gasteiger partial charge on any atom is -0.493 e. The van der Waals surface area contributed by atoms with Crippen LogP contribution in [0.4, 0.5) is 0 Å². The number of benzene rings is 1. The first-order valence-electron chi connectivity index (χ1n) is 7.53. The van der Waals surface area contributed by atoms with Gasteiger partial charge in [0.25, 0.3) is 0 Å². The molecule has 0 saturated carbocycles. The quantitative estimate of drug-likeness (QED) is 0.863. The van der Waals surface area contributed by atoms with Gasteiger partial charge >= 0.3 is 0 Å². The highest BCUT2D eigenvalue weighted by atomic mass is 32.1. The van der Waals surface area contributed by atoms with E-state index in [0.717, 1.165) is 35.0 Å². The first-order chi connectivity index (χ1) is 11.1. The molecule has 6 heteroatoms. The van der Waals surface area contributed by atoms with Gasteiger partial charge in [-0.15, -0.1) is 11.3 Å². The van der Waals surface area contributed by atoms with E-state index in [1.807, 2.05) is 29.3 Å². The van der Waals surface area contributed by atoms with Crippen molar-refractivity contribution in [3.05, 3.63) is 39.3 Å². The summed E-state index contributed by atoms with van der Waals surface area (Å²) in [6.45, 7) is 3.29. The van der Waals surface area contributed by atoms with Gasteiger partial charge in [-0.25, -0.2) is 4.98 Å². The Balaban J connectivity index is 1.75. The summed E-state index contributed by atoms with van der Waals surface area (Å²) in [6, 6.07) is 3.99. The number of rotatable bonds is 4. The van der Waals surface area contributed by atoms with E-state index >= 15 is 0 Å². The number of amides is 1. The Morgan fingerprint density at radius 1 is 1.26 bits per heavy atom. The molecule has 1 aliphatic heterocycles. The Bertz CT molecular complexity index is 727. The normalized spacial score (nSPS) is 13.6.